The van der Waals surface area contributed by atoms with Crippen molar-refractivity contribution in [1.29, 1.82) is 0 Å². The van der Waals surface area contributed by atoms with Crippen molar-refractivity contribution >= 4 is 35.5 Å². The highest BCUT2D eigenvalue weighted by molar-refractivity contribution is 7.99. The zero-order valence-corrected chi connectivity index (χ0v) is 15.2. The van der Waals surface area contributed by atoms with Gasteiger partial charge in [-0.3, -0.25) is 4.79 Å². The molecule has 0 heterocycles. The summed E-state index contributed by atoms with van der Waals surface area (Å²) in [5.41, 5.74) is 6.02. The Balaban J connectivity index is 1.68. The lowest BCUT2D eigenvalue weighted by atomic mass is 10.2. The molecule has 2 aromatic carbocycles. The minimum Gasteiger partial charge on any atom is -0.490 e. The number of ether oxygens (including phenoxy) is 1. The Morgan fingerprint density at radius 1 is 1.16 bits per heavy atom. The lowest BCUT2D eigenvalue weighted by molar-refractivity contribution is -0.118. The molecule has 1 amide bonds. The van der Waals surface area contributed by atoms with E-state index in [0.717, 1.165) is 17.1 Å². The first kappa shape index (κ1) is 19.1. The van der Waals surface area contributed by atoms with Crippen LogP contribution in [0.1, 0.15) is 11.1 Å². The maximum atomic E-state index is 11.7. The van der Waals surface area contributed by atoms with Gasteiger partial charge in [0.2, 0.25) is 5.91 Å². The standard InChI is InChI=1S/C19H19ClN2O2S/c20-11-4-12-24-18-9-7-16(8-10-18)13-21-22-19(23)15-25-14-17-5-2-1-3-6-17/h1-11,13H,12,14-15H2,(H,22,23)/b11-4-,21-13?. The predicted octanol–water partition coefficient (Wildman–Crippen LogP) is 4.20. The third kappa shape index (κ3) is 7.92. The van der Waals surface area contributed by atoms with Crippen LogP contribution in [0.25, 0.3) is 0 Å². The molecule has 130 valence electrons. The first-order valence-electron chi connectivity index (χ1n) is 7.69. The van der Waals surface area contributed by atoms with Gasteiger partial charge in [-0.2, -0.15) is 5.10 Å². The summed E-state index contributed by atoms with van der Waals surface area (Å²) >= 11 is 6.98. The first-order valence-corrected chi connectivity index (χ1v) is 9.28. The second-order valence-corrected chi connectivity index (χ2v) is 6.25. The summed E-state index contributed by atoms with van der Waals surface area (Å²) in [5, 5.41) is 3.96. The first-order chi connectivity index (χ1) is 12.3. The van der Waals surface area contributed by atoms with Crippen molar-refractivity contribution in [3.8, 4) is 5.75 Å². The Hall–Kier alpha value is -2.24. The van der Waals surface area contributed by atoms with Gasteiger partial charge >= 0.3 is 0 Å². The van der Waals surface area contributed by atoms with E-state index in [1.165, 1.54) is 11.1 Å². The minimum absolute atomic E-state index is 0.120. The molecular formula is C19H19ClN2O2S. The van der Waals surface area contributed by atoms with E-state index in [-0.39, 0.29) is 5.91 Å². The molecule has 2 aromatic rings. The fourth-order valence-electron chi connectivity index (χ4n) is 1.88. The van der Waals surface area contributed by atoms with Gasteiger partial charge in [0, 0.05) is 11.3 Å². The van der Waals surface area contributed by atoms with Gasteiger partial charge in [0.25, 0.3) is 0 Å². The molecule has 0 atom stereocenters. The second kappa shape index (κ2) is 11.3. The molecule has 2 rings (SSSR count). The van der Waals surface area contributed by atoms with Crippen molar-refractivity contribution in [1.82, 2.24) is 5.43 Å². The number of hydrazone groups is 1. The van der Waals surface area contributed by atoms with Gasteiger partial charge in [-0.1, -0.05) is 41.9 Å². The lowest BCUT2D eigenvalue weighted by Crippen LogP contribution is -2.19. The number of nitrogens with one attached hydrogen (secondary N) is 1. The molecule has 0 bridgehead atoms. The third-order valence-electron chi connectivity index (χ3n) is 3.06. The monoisotopic (exact) mass is 374 g/mol. The molecule has 0 saturated heterocycles. The quantitative estimate of drug-likeness (QED) is 0.528. The minimum atomic E-state index is -0.120. The predicted molar refractivity (Wildman–Crippen MR) is 105 cm³/mol. The summed E-state index contributed by atoms with van der Waals surface area (Å²) in [6.45, 7) is 0.424. The maximum absolute atomic E-state index is 11.7. The Morgan fingerprint density at radius 2 is 1.92 bits per heavy atom. The molecule has 4 nitrogen and oxygen atoms in total. The Morgan fingerprint density at radius 3 is 2.64 bits per heavy atom. The van der Waals surface area contributed by atoms with Crippen molar-refractivity contribution in [2.24, 2.45) is 5.10 Å². The number of hydrogen-bond acceptors (Lipinski definition) is 4. The third-order valence-corrected chi connectivity index (χ3v) is 4.24. The molecule has 0 aliphatic heterocycles. The molecule has 1 N–H and O–H groups in total. The molecule has 0 unspecified atom stereocenters. The number of benzene rings is 2. The molecule has 0 aliphatic rings. The SMILES string of the molecule is O=C(CSCc1ccccc1)NN=Cc1ccc(OC/C=C\Cl)cc1. The zero-order chi connectivity index (χ0) is 17.7. The van der Waals surface area contributed by atoms with Crippen LogP contribution >= 0.6 is 23.4 Å². The summed E-state index contributed by atoms with van der Waals surface area (Å²) in [6, 6.07) is 17.4. The zero-order valence-electron chi connectivity index (χ0n) is 13.6. The number of rotatable bonds is 9. The number of thioether (sulfide) groups is 1. The van der Waals surface area contributed by atoms with Gasteiger partial charge in [0.1, 0.15) is 12.4 Å². The summed E-state index contributed by atoms with van der Waals surface area (Å²) < 4.78 is 5.44. The van der Waals surface area contributed by atoms with Gasteiger partial charge in [0.15, 0.2) is 0 Å². The van der Waals surface area contributed by atoms with E-state index in [1.807, 2.05) is 54.6 Å². The van der Waals surface area contributed by atoms with Gasteiger partial charge in [-0.15, -0.1) is 11.8 Å². The number of halogens is 1. The highest BCUT2D eigenvalue weighted by atomic mass is 35.5. The van der Waals surface area contributed by atoms with Crippen molar-refractivity contribution in [2.45, 2.75) is 5.75 Å². The summed E-state index contributed by atoms with van der Waals surface area (Å²) in [4.78, 5) is 11.7. The Kier molecular flexibility index (Phi) is 8.66. The van der Waals surface area contributed by atoms with E-state index in [2.05, 4.69) is 10.5 Å². The molecule has 25 heavy (non-hydrogen) atoms. The number of amides is 1. The van der Waals surface area contributed by atoms with E-state index >= 15 is 0 Å². The van der Waals surface area contributed by atoms with Crippen LogP contribution in [0.2, 0.25) is 0 Å². The highest BCUT2D eigenvalue weighted by Gasteiger charge is 2.00. The molecule has 0 radical (unpaired) electrons. The van der Waals surface area contributed by atoms with E-state index in [0.29, 0.717) is 12.4 Å². The van der Waals surface area contributed by atoms with Crippen LogP contribution in [0.15, 0.2) is 71.3 Å². The number of carbonyl (C=O) groups excluding carboxylic acids is 1. The van der Waals surface area contributed by atoms with Crippen LogP contribution in [0, 0.1) is 0 Å². The van der Waals surface area contributed by atoms with E-state index in [9.17, 15) is 4.79 Å². The topological polar surface area (TPSA) is 50.7 Å². The van der Waals surface area contributed by atoms with Crippen LogP contribution in [0.5, 0.6) is 5.75 Å². The average Bonchev–Trinajstić information content (AvgIpc) is 2.64. The summed E-state index contributed by atoms with van der Waals surface area (Å²) in [6.07, 6.45) is 3.31. The van der Waals surface area contributed by atoms with Gasteiger partial charge in [0.05, 0.1) is 12.0 Å². The fraction of sp³-hybridized carbons (Fsp3) is 0.158. The largest absolute Gasteiger partial charge is 0.490 e. The Bertz CT molecular complexity index is 703. The van der Waals surface area contributed by atoms with Crippen LogP contribution in [0.3, 0.4) is 0 Å². The lowest BCUT2D eigenvalue weighted by Gasteiger charge is -2.03. The average molecular weight is 375 g/mol. The van der Waals surface area contributed by atoms with Gasteiger partial charge < -0.3 is 4.74 Å². The number of hydrogen-bond donors (Lipinski definition) is 1. The second-order valence-electron chi connectivity index (χ2n) is 5.01. The van der Waals surface area contributed by atoms with Crippen molar-refractivity contribution in [3.63, 3.8) is 0 Å². The molecule has 0 saturated carbocycles. The number of carbonyl (C=O) groups is 1. The fourth-order valence-corrected chi connectivity index (χ4v) is 2.73. The summed E-state index contributed by atoms with van der Waals surface area (Å²) in [5.74, 6) is 1.80. The molecule has 0 aromatic heterocycles. The van der Waals surface area contributed by atoms with Crippen molar-refractivity contribution in [3.05, 3.63) is 77.3 Å². The molecule has 6 heteroatoms. The van der Waals surface area contributed by atoms with E-state index in [4.69, 9.17) is 16.3 Å². The van der Waals surface area contributed by atoms with Crippen LogP contribution in [-0.2, 0) is 10.5 Å². The van der Waals surface area contributed by atoms with Crippen molar-refractivity contribution < 1.29 is 9.53 Å². The molecule has 0 aliphatic carbocycles. The van der Waals surface area contributed by atoms with Crippen LogP contribution < -0.4 is 10.2 Å². The highest BCUT2D eigenvalue weighted by Crippen LogP contribution is 2.12. The smallest absolute Gasteiger partial charge is 0.250 e. The van der Waals surface area contributed by atoms with Crippen molar-refractivity contribution in [2.75, 3.05) is 12.4 Å². The maximum Gasteiger partial charge on any atom is 0.250 e. The summed E-state index contributed by atoms with van der Waals surface area (Å²) in [7, 11) is 0. The molecule has 0 fully saturated rings. The normalized spacial score (nSPS) is 11.1. The Labute approximate surface area is 156 Å². The van der Waals surface area contributed by atoms with E-state index < -0.39 is 0 Å². The van der Waals surface area contributed by atoms with Crippen LogP contribution in [-0.4, -0.2) is 24.5 Å². The number of nitrogens with zero attached hydrogens (tertiary/aromatic N) is 1. The van der Waals surface area contributed by atoms with E-state index in [1.54, 1.807) is 24.1 Å². The molecule has 0 spiro atoms. The van der Waals surface area contributed by atoms with Gasteiger partial charge in [-0.25, -0.2) is 5.43 Å². The molecular weight excluding hydrogens is 356 g/mol. The van der Waals surface area contributed by atoms with Crippen LogP contribution in [0.4, 0.5) is 0 Å². The van der Waals surface area contributed by atoms with Gasteiger partial charge in [-0.05, 0) is 41.5 Å².